The molecule has 3 aliphatic heterocycles. The first kappa shape index (κ1) is 30.4. The molecule has 3 N–H and O–H groups in total. The normalized spacial score (nSPS) is 23.5. The number of nitrogens with one attached hydrogen (secondary N) is 3. The van der Waals surface area contributed by atoms with E-state index in [0.717, 1.165) is 10.4 Å². The van der Waals surface area contributed by atoms with Crippen LogP contribution < -0.4 is 26.3 Å². The number of hydrogen-bond acceptors (Lipinski definition) is 8. The van der Waals surface area contributed by atoms with E-state index in [4.69, 9.17) is 49.0 Å². The van der Waals surface area contributed by atoms with Crippen molar-refractivity contribution in [2.45, 2.75) is 47.3 Å². The zero-order valence-corrected chi connectivity index (χ0v) is 26.6. The molecule has 9 nitrogen and oxygen atoms in total. The molecule has 2 aromatic rings. The van der Waals surface area contributed by atoms with Gasteiger partial charge in [-0.05, 0) is 15.4 Å². The summed E-state index contributed by atoms with van der Waals surface area (Å²) in [5.41, 5.74) is -1.31. The van der Waals surface area contributed by atoms with Gasteiger partial charge in [-0.15, -0.1) is 0 Å². The number of ketones is 1. The third-order valence-electron chi connectivity index (χ3n) is 7.62. The van der Waals surface area contributed by atoms with Crippen LogP contribution in [-0.4, -0.2) is 65.8 Å². The lowest BCUT2D eigenvalue weighted by Crippen LogP contribution is -2.73. The molecular weight excluding hydrogens is 617 g/mol. The molecule has 0 bridgehead atoms. The van der Waals surface area contributed by atoms with Gasteiger partial charge in [0, 0.05) is 12.3 Å². The first-order valence-corrected chi connectivity index (χ1v) is 16.4. The molecule has 1 fully saturated rings. The van der Waals surface area contributed by atoms with Crippen molar-refractivity contribution >= 4 is 71.3 Å². The fraction of sp³-hybridized carbons (Fsp3) is 0.345. The van der Waals surface area contributed by atoms with Gasteiger partial charge in [-0.25, -0.2) is 9.79 Å². The number of hydrogen-bond donors (Lipinski definition) is 3. The quantitative estimate of drug-likeness (QED) is 0.325. The highest BCUT2D eigenvalue weighted by molar-refractivity contribution is 6.99. The van der Waals surface area contributed by atoms with E-state index in [9.17, 15) is 9.59 Å². The van der Waals surface area contributed by atoms with E-state index < -0.39 is 42.6 Å². The summed E-state index contributed by atoms with van der Waals surface area (Å²) >= 11 is 17.2. The number of carbonyl (C=O) groups excluding carboxylic acids is 2. The first-order chi connectivity index (χ1) is 19.8. The van der Waals surface area contributed by atoms with Gasteiger partial charge in [-0.1, -0.05) is 123 Å². The van der Waals surface area contributed by atoms with E-state index in [0.29, 0.717) is 5.82 Å². The molecule has 5 rings (SSSR count). The maximum Gasteiger partial charge on any atom is 0.414 e. The van der Waals surface area contributed by atoms with E-state index in [-0.39, 0.29) is 23.4 Å². The van der Waals surface area contributed by atoms with Gasteiger partial charge < -0.3 is 19.8 Å². The number of benzene rings is 2. The van der Waals surface area contributed by atoms with Crippen molar-refractivity contribution in [2.75, 3.05) is 13.2 Å². The third kappa shape index (κ3) is 5.42. The van der Waals surface area contributed by atoms with Gasteiger partial charge >= 0.3 is 6.09 Å². The summed E-state index contributed by atoms with van der Waals surface area (Å²) in [6, 6.07) is 19.3. The molecule has 222 valence electrons. The summed E-state index contributed by atoms with van der Waals surface area (Å²) in [7, 11) is -2.94. The molecule has 1 saturated heterocycles. The largest absolute Gasteiger partial charge is 0.445 e. The molecular formula is C29H32Cl3N5O4Si. The zero-order valence-electron chi connectivity index (χ0n) is 23.4. The molecule has 0 radical (unpaired) electrons. The van der Waals surface area contributed by atoms with Gasteiger partial charge in [-0.2, -0.15) is 0 Å². The number of guanidine groups is 1. The van der Waals surface area contributed by atoms with Gasteiger partial charge in [0.25, 0.3) is 8.32 Å². The Balaban J connectivity index is 1.55. The minimum absolute atomic E-state index is 0.0858. The van der Waals surface area contributed by atoms with Crippen LogP contribution in [0.1, 0.15) is 20.8 Å². The van der Waals surface area contributed by atoms with E-state index >= 15 is 0 Å². The van der Waals surface area contributed by atoms with Crippen molar-refractivity contribution < 1.29 is 18.8 Å². The van der Waals surface area contributed by atoms with Crippen LogP contribution >= 0.6 is 34.8 Å². The Morgan fingerprint density at radius 2 is 1.69 bits per heavy atom. The monoisotopic (exact) mass is 647 g/mol. The van der Waals surface area contributed by atoms with Crippen LogP contribution in [-0.2, 0) is 14.0 Å². The maximum atomic E-state index is 13.4. The standard InChI is InChI=1S/C29H32Cl3N5O4Si/c1-19-33-24-22(17-41-42(27(2,3)4,20-11-7-5-8-12-20)21-13-9-6-10-14-21)34-25(35-26(39)40-18-28(30,31)32)37-16-15-23(38)29(24,37)36-19/h5-16,22,24,33,36H,1,17-18H2,2-4H3,(H,34,35,39)/t22-,24?,29?/m0/s1. The summed E-state index contributed by atoms with van der Waals surface area (Å²) in [6.45, 7) is 10.2. The van der Waals surface area contributed by atoms with Crippen molar-refractivity contribution in [1.82, 2.24) is 20.9 Å². The van der Waals surface area contributed by atoms with Gasteiger partial charge in [-0.3, -0.25) is 15.0 Å². The van der Waals surface area contributed by atoms with E-state index in [1.165, 1.54) is 6.08 Å². The van der Waals surface area contributed by atoms with Crippen LogP contribution in [0.4, 0.5) is 4.79 Å². The lowest BCUT2D eigenvalue weighted by atomic mass is 9.90. The highest BCUT2D eigenvalue weighted by Crippen LogP contribution is 2.40. The number of ether oxygens (including phenoxy) is 1. The second-order valence-electron chi connectivity index (χ2n) is 11.4. The fourth-order valence-corrected chi connectivity index (χ4v) is 10.7. The van der Waals surface area contributed by atoms with Crippen LogP contribution in [0, 0.1) is 0 Å². The van der Waals surface area contributed by atoms with Gasteiger partial charge in [0.2, 0.25) is 21.2 Å². The van der Waals surface area contributed by atoms with E-state index in [2.05, 4.69) is 67.6 Å². The minimum atomic E-state index is -2.94. The maximum absolute atomic E-state index is 13.4. The zero-order chi connectivity index (χ0) is 30.3. The fourth-order valence-electron chi connectivity index (χ4n) is 5.95. The first-order valence-electron chi connectivity index (χ1n) is 13.4. The predicted octanol–water partition coefficient (Wildman–Crippen LogP) is 3.52. The van der Waals surface area contributed by atoms with Crippen molar-refractivity contribution in [3.05, 3.63) is 85.3 Å². The highest BCUT2D eigenvalue weighted by atomic mass is 35.6. The van der Waals surface area contributed by atoms with Gasteiger partial charge in [0.05, 0.1) is 12.4 Å². The molecule has 3 atom stereocenters. The minimum Gasteiger partial charge on any atom is -0.445 e. The van der Waals surface area contributed by atoms with Crippen LogP contribution in [0.25, 0.3) is 0 Å². The molecule has 2 unspecified atom stereocenters. The molecule has 2 aromatic carbocycles. The lowest BCUT2D eigenvalue weighted by molar-refractivity contribution is -0.123. The summed E-state index contributed by atoms with van der Waals surface area (Å²) < 4.78 is 10.5. The Labute approximate surface area is 261 Å². The van der Waals surface area contributed by atoms with Crippen LogP contribution in [0.2, 0.25) is 5.04 Å². The SMILES string of the molecule is C=C1NC2[C@H](CO[Si](c3ccccc3)(c3ccccc3)C(C)(C)C)N=C(NC(=O)OCC(Cl)(Cl)Cl)N3C=CC(=O)C23N1. The Bertz CT molecular complexity index is 1390. The van der Waals surface area contributed by atoms with Crippen molar-refractivity contribution in [3.8, 4) is 0 Å². The lowest BCUT2D eigenvalue weighted by Gasteiger charge is -2.47. The molecule has 0 aliphatic carbocycles. The molecule has 1 amide bonds. The average Bonchev–Trinajstić information content (AvgIpc) is 3.46. The molecule has 0 aromatic heterocycles. The predicted molar refractivity (Wildman–Crippen MR) is 167 cm³/mol. The van der Waals surface area contributed by atoms with Crippen LogP contribution in [0.3, 0.4) is 0 Å². The Hall–Kier alpha value is -3.02. The van der Waals surface area contributed by atoms with Crippen molar-refractivity contribution in [3.63, 3.8) is 0 Å². The number of aliphatic imine (C=N–C) groups is 1. The summed E-state index contributed by atoms with van der Waals surface area (Å²) in [5.74, 6) is 0.313. The molecule has 3 aliphatic rings. The van der Waals surface area contributed by atoms with Crippen LogP contribution in [0.15, 0.2) is 90.3 Å². The molecule has 13 heteroatoms. The smallest absolute Gasteiger partial charge is 0.414 e. The van der Waals surface area contributed by atoms with Crippen LogP contribution in [0.5, 0.6) is 0 Å². The van der Waals surface area contributed by atoms with Gasteiger partial charge in [0.15, 0.2) is 0 Å². The third-order valence-corrected chi connectivity index (χ3v) is 13.0. The number of halogens is 3. The number of rotatable bonds is 6. The second kappa shape index (κ2) is 11.2. The van der Waals surface area contributed by atoms with E-state index in [1.54, 1.807) is 11.1 Å². The number of alkyl carbamates (subject to hydrolysis) is 1. The topological polar surface area (TPSA) is 104 Å². The highest BCUT2D eigenvalue weighted by Gasteiger charge is 2.62. The van der Waals surface area contributed by atoms with Crippen molar-refractivity contribution in [2.24, 2.45) is 4.99 Å². The summed E-state index contributed by atoms with van der Waals surface area (Å²) in [4.78, 5) is 32.6. The van der Waals surface area contributed by atoms with E-state index in [1.807, 2.05) is 36.4 Å². The molecule has 42 heavy (non-hydrogen) atoms. The number of alkyl halides is 3. The summed E-state index contributed by atoms with van der Waals surface area (Å²) in [6.07, 6.45) is 2.09. The Morgan fingerprint density at radius 1 is 1.10 bits per heavy atom. The summed E-state index contributed by atoms with van der Waals surface area (Å²) in [5, 5.41) is 11.0. The van der Waals surface area contributed by atoms with Crippen molar-refractivity contribution in [1.29, 1.82) is 0 Å². The Kier molecular flexibility index (Phi) is 8.14. The second-order valence-corrected chi connectivity index (χ2v) is 18.2. The molecule has 3 heterocycles. The Morgan fingerprint density at radius 3 is 2.24 bits per heavy atom. The number of amides is 1. The number of carbonyl (C=O) groups is 2. The molecule has 1 spiro atoms. The molecule has 0 saturated carbocycles. The van der Waals surface area contributed by atoms with Gasteiger partial charge in [0.1, 0.15) is 18.7 Å². The number of nitrogens with zero attached hydrogens (tertiary/aromatic N) is 2. The average molecular weight is 649 g/mol.